The summed E-state index contributed by atoms with van der Waals surface area (Å²) in [5.74, 6) is -0.605. The van der Waals surface area contributed by atoms with Crippen molar-refractivity contribution >= 4 is 52.5 Å². The van der Waals surface area contributed by atoms with Gasteiger partial charge >= 0.3 is 0 Å². The average molecular weight is 872 g/mol. The zero-order valence-electron chi connectivity index (χ0n) is 36.4. The normalized spacial score (nSPS) is 22.8. The van der Waals surface area contributed by atoms with E-state index in [2.05, 4.69) is 30.7 Å². The molecule has 0 spiro atoms. The summed E-state index contributed by atoms with van der Waals surface area (Å²) in [6, 6.07) is 9.73. The van der Waals surface area contributed by atoms with Crippen molar-refractivity contribution in [3.8, 4) is 5.75 Å². The van der Waals surface area contributed by atoms with Gasteiger partial charge in [-0.15, -0.1) is 0 Å². The van der Waals surface area contributed by atoms with E-state index in [1.807, 2.05) is 11.8 Å². The minimum absolute atomic E-state index is 0.0406. The molecule has 338 valence electrons. The van der Waals surface area contributed by atoms with E-state index in [0.29, 0.717) is 98.2 Å². The number of methoxy groups -OCH3 is 1. The van der Waals surface area contributed by atoms with Gasteiger partial charge in [-0.05, 0) is 80.8 Å². The van der Waals surface area contributed by atoms with Crippen LogP contribution < -0.4 is 35.4 Å². The maximum absolute atomic E-state index is 16.4. The largest absolute Gasteiger partial charge is 0.495 e. The number of carbonyl (C=O) groups is 4. The molecule has 1 saturated carbocycles. The van der Waals surface area contributed by atoms with Crippen molar-refractivity contribution in [3.05, 3.63) is 59.5 Å². The van der Waals surface area contributed by atoms with Gasteiger partial charge in [0.05, 0.1) is 30.6 Å². The summed E-state index contributed by atoms with van der Waals surface area (Å²) >= 11 is 0. The Balaban J connectivity index is 0.872. The number of hydrogen-bond donors (Lipinski definition) is 4. The predicted molar refractivity (Wildman–Crippen MR) is 235 cm³/mol. The van der Waals surface area contributed by atoms with Gasteiger partial charge in [0.15, 0.2) is 5.82 Å². The Hall–Kier alpha value is -5.42. The second kappa shape index (κ2) is 18.4. The number of benzene rings is 2. The highest BCUT2D eigenvalue weighted by atomic mass is 19.1. The second-order valence-electron chi connectivity index (χ2n) is 17.9. The first-order valence-corrected chi connectivity index (χ1v) is 22.4. The molecule has 4 N–H and O–H groups in total. The number of alkyl halides is 1. The van der Waals surface area contributed by atoms with Crippen molar-refractivity contribution in [2.24, 2.45) is 0 Å². The number of halogens is 2. The third kappa shape index (κ3) is 9.17. The molecule has 63 heavy (non-hydrogen) atoms. The molecular formula is C46H59F2N9O6. The Morgan fingerprint density at radius 2 is 1.75 bits per heavy atom. The van der Waals surface area contributed by atoms with E-state index in [9.17, 15) is 24.3 Å². The third-order valence-electron chi connectivity index (χ3n) is 14.0. The van der Waals surface area contributed by atoms with Crippen LogP contribution in [0.15, 0.2) is 42.6 Å². The smallest absolute Gasteiger partial charge is 0.251 e. The van der Waals surface area contributed by atoms with Crippen molar-refractivity contribution in [2.75, 3.05) is 73.5 Å². The molecule has 5 heterocycles. The van der Waals surface area contributed by atoms with E-state index in [0.717, 1.165) is 31.5 Å². The Kier molecular flexibility index (Phi) is 12.9. The van der Waals surface area contributed by atoms with Crippen LogP contribution in [0.25, 0.3) is 0 Å². The number of nitrogens with one attached hydrogen (secondary N) is 3. The number of piperidine rings is 3. The van der Waals surface area contributed by atoms with Gasteiger partial charge in [0, 0.05) is 82.8 Å². The molecule has 2 aromatic carbocycles. The van der Waals surface area contributed by atoms with Crippen LogP contribution in [0.1, 0.15) is 106 Å². The number of fused-ring (bicyclic) bond motifs is 1. The number of ether oxygens (including phenoxy) is 1. The Morgan fingerprint density at radius 3 is 2.41 bits per heavy atom. The number of aromatic nitrogens is 2. The zero-order chi connectivity index (χ0) is 44.5. The average Bonchev–Trinajstić information content (AvgIpc) is 3.81. The first-order valence-electron chi connectivity index (χ1n) is 22.4. The van der Waals surface area contributed by atoms with Crippen molar-refractivity contribution < 1.29 is 37.8 Å². The van der Waals surface area contributed by atoms with Crippen LogP contribution in [0.4, 0.5) is 37.6 Å². The molecule has 1 unspecified atom stereocenters. The van der Waals surface area contributed by atoms with Gasteiger partial charge in [-0.3, -0.25) is 29.4 Å². The molecule has 0 bridgehead atoms. The van der Waals surface area contributed by atoms with Gasteiger partial charge in [0.25, 0.3) is 5.91 Å². The molecule has 17 heteroatoms. The van der Waals surface area contributed by atoms with Crippen LogP contribution in [0.5, 0.6) is 5.75 Å². The fourth-order valence-corrected chi connectivity index (χ4v) is 10.3. The van der Waals surface area contributed by atoms with Crippen molar-refractivity contribution in [3.63, 3.8) is 0 Å². The highest BCUT2D eigenvalue weighted by Crippen LogP contribution is 2.41. The molecule has 1 aliphatic carbocycles. The Labute approximate surface area is 366 Å². The van der Waals surface area contributed by atoms with Gasteiger partial charge in [0.1, 0.15) is 29.0 Å². The van der Waals surface area contributed by atoms with Crippen LogP contribution in [0.3, 0.4) is 0 Å². The fourth-order valence-electron chi connectivity index (χ4n) is 10.3. The first kappa shape index (κ1) is 44.2. The van der Waals surface area contributed by atoms with Crippen LogP contribution in [0.2, 0.25) is 0 Å². The van der Waals surface area contributed by atoms with E-state index in [-0.39, 0.29) is 62.2 Å². The van der Waals surface area contributed by atoms with Crippen LogP contribution in [0, 0.1) is 5.82 Å². The second-order valence-corrected chi connectivity index (χ2v) is 17.9. The van der Waals surface area contributed by atoms with Gasteiger partial charge in [-0.1, -0.05) is 25.8 Å². The fraction of sp³-hybridized carbons (Fsp3) is 0.565. The lowest BCUT2D eigenvalue weighted by Gasteiger charge is -2.45. The van der Waals surface area contributed by atoms with E-state index >= 15 is 8.78 Å². The number of aliphatic hydroxyl groups is 1. The number of amides is 4. The lowest BCUT2D eigenvalue weighted by Crippen LogP contribution is -2.58. The number of aliphatic hydroxyl groups excluding tert-OH is 1. The van der Waals surface area contributed by atoms with Gasteiger partial charge in [0.2, 0.25) is 23.7 Å². The number of nitrogens with zero attached hydrogens (tertiary/aromatic N) is 6. The maximum atomic E-state index is 16.4. The number of likely N-dealkylation sites (tertiary alicyclic amines) is 1. The molecule has 8 rings (SSSR count). The number of anilines is 5. The maximum Gasteiger partial charge on any atom is 0.251 e. The standard InChI is InChI=1S/C46H59F2N9O6/c1-4-35-43(62)54(2)37-27-49-44(52-40(37)57(35)31-7-5-6-8-31)50-34-12-9-30(26-38(34)63-3)41(60)53-46(19-24-58)17-20-55(21-18-46)28-45(48)15-22-56(23-16-45)36-13-10-29(25-33(36)47)32-11-14-39(59)51-42(32)61/h9-10,12-13,25-27,31-32,35,58H,4-8,11,14-24,28H2,1-3H3,(H,53,60)(H,49,50,52)(H,51,59,61)/t32?,35-/m1/s1. The summed E-state index contributed by atoms with van der Waals surface area (Å²) < 4.78 is 37.5. The molecule has 15 nitrogen and oxygen atoms in total. The summed E-state index contributed by atoms with van der Waals surface area (Å²) in [4.78, 5) is 68.3. The highest BCUT2D eigenvalue weighted by molar-refractivity contribution is 6.04. The van der Waals surface area contributed by atoms with E-state index < -0.39 is 28.8 Å². The molecule has 4 fully saturated rings. The minimum atomic E-state index is -1.47. The zero-order valence-corrected chi connectivity index (χ0v) is 36.4. The van der Waals surface area contributed by atoms with E-state index in [1.54, 1.807) is 48.5 Å². The SMILES string of the molecule is CC[C@@H]1C(=O)N(C)c2cnc(Nc3ccc(C(=O)NC4(CCO)CCN(CC5(F)CCN(c6ccc(C7CCC(=O)NC7=O)cc6F)CC5)CC4)cc3OC)nc2N1C1CCCC1. The van der Waals surface area contributed by atoms with E-state index in [4.69, 9.17) is 9.72 Å². The summed E-state index contributed by atoms with van der Waals surface area (Å²) in [6.45, 7) is 3.84. The summed E-state index contributed by atoms with van der Waals surface area (Å²) in [5, 5.41) is 18.9. The number of carbonyl (C=O) groups excluding carboxylic acids is 4. The summed E-state index contributed by atoms with van der Waals surface area (Å²) in [6.07, 6.45) is 8.96. The number of rotatable bonds is 13. The molecule has 1 aromatic heterocycles. The van der Waals surface area contributed by atoms with Gasteiger partial charge in [-0.2, -0.15) is 4.98 Å². The Morgan fingerprint density at radius 1 is 1.00 bits per heavy atom. The minimum Gasteiger partial charge on any atom is -0.495 e. The predicted octanol–water partition coefficient (Wildman–Crippen LogP) is 5.35. The van der Waals surface area contributed by atoms with Crippen LogP contribution in [-0.2, 0) is 14.4 Å². The molecule has 2 atom stereocenters. The topological polar surface area (TPSA) is 173 Å². The van der Waals surface area contributed by atoms with Crippen molar-refractivity contribution in [2.45, 2.75) is 113 Å². The van der Waals surface area contributed by atoms with Crippen LogP contribution in [-0.4, -0.2) is 120 Å². The van der Waals surface area contributed by atoms with Gasteiger partial charge in [-0.25, -0.2) is 13.8 Å². The first-order chi connectivity index (χ1) is 30.3. The van der Waals surface area contributed by atoms with Crippen molar-refractivity contribution in [1.29, 1.82) is 0 Å². The van der Waals surface area contributed by atoms with E-state index in [1.165, 1.54) is 13.2 Å². The molecule has 3 aromatic rings. The third-order valence-corrected chi connectivity index (χ3v) is 14.0. The summed E-state index contributed by atoms with van der Waals surface area (Å²) in [7, 11) is 3.29. The van der Waals surface area contributed by atoms with Crippen molar-refractivity contribution in [1.82, 2.24) is 25.5 Å². The lowest BCUT2D eigenvalue weighted by atomic mass is 9.83. The molecule has 3 saturated heterocycles. The number of imide groups is 1. The number of likely N-dealkylation sites (N-methyl/N-ethyl adjacent to an activating group) is 1. The summed E-state index contributed by atoms with van der Waals surface area (Å²) in [5.41, 5.74) is 0.323. The number of hydrogen-bond acceptors (Lipinski definition) is 12. The monoisotopic (exact) mass is 871 g/mol. The van der Waals surface area contributed by atoms with Crippen LogP contribution >= 0.6 is 0 Å². The van der Waals surface area contributed by atoms with Gasteiger partial charge < -0.3 is 35.2 Å². The molecule has 5 aliphatic rings. The molecule has 0 radical (unpaired) electrons. The molecule has 4 amide bonds. The molecule has 4 aliphatic heterocycles. The molecular weight excluding hydrogens is 813 g/mol. The highest BCUT2D eigenvalue weighted by Gasteiger charge is 2.43. The Bertz CT molecular complexity index is 2210. The quantitative estimate of drug-likeness (QED) is 0.163. The lowest BCUT2D eigenvalue weighted by molar-refractivity contribution is -0.134.